The molecule has 0 amide bonds. The second-order valence-corrected chi connectivity index (χ2v) is 3.51. The van der Waals surface area contributed by atoms with Gasteiger partial charge in [0, 0.05) is 0 Å². The number of rotatable bonds is 3. The standard InChI is InChI=1S/C12H12O/c13-9-12-7-11(8-12)6-10-4-2-1-3-5-10/h1-5,7,9,11H,6,8H2. The van der Waals surface area contributed by atoms with Crippen molar-refractivity contribution >= 4 is 6.29 Å². The van der Waals surface area contributed by atoms with Gasteiger partial charge in [-0.15, -0.1) is 0 Å². The highest BCUT2D eigenvalue weighted by Gasteiger charge is 2.18. The summed E-state index contributed by atoms with van der Waals surface area (Å²) < 4.78 is 0. The van der Waals surface area contributed by atoms with Crippen molar-refractivity contribution in [1.29, 1.82) is 0 Å². The van der Waals surface area contributed by atoms with E-state index in [2.05, 4.69) is 30.3 Å². The third kappa shape index (κ3) is 1.86. The summed E-state index contributed by atoms with van der Waals surface area (Å²) in [7, 11) is 0. The van der Waals surface area contributed by atoms with E-state index >= 15 is 0 Å². The summed E-state index contributed by atoms with van der Waals surface area (Å²) in [6.45, 7) is 0. The molecule has 1 heteroatoms. The molecule has 0 bridgehead atoms. The lowest BCUT2D eigenvalue weighted by Crippen LogP contribution is -2.13. The Hall–Kier alpha value is -1.37. The lowest BCUT2D eigenvalue weighted by Gasteiger charge is -2.21. The van der Waals surface area contributed by atoms with Gasteiger partial charge >= 0.3 is 0 Å². The first-order valence-electron chi connectivity index (χ1n) is 4.58. The molecule has 0 saturated heterocycles. The first-order chi connectivity index (χ1) is 6.38. The Morgan fingerprint density at radius 1 is 1.31 bits per heavy atom. The Morgan fingerprint density at radius 2 is 2.00 bits per heavy atom. The van der Waals surface area contributed by atoms with Crippen molar-refractivity contribution in [3.8, 4) is 0 Å². The molecule has 1 aliphatic rings. The molecule has 0 spiro atoms. The van der Waals surface area contributed by atoms with Crippen molar-refractivity contribution in [3.05, 3.63) is 47.5 Å². The number of carbonyl (C=O) groups is 1. The van der Waals surface area contributed by atoms with E-state index in [1.807, 2.05) is 6.07 Å². The molecule has 0 aromatic heterocycles. The molecule has 0 aliphatic heterocycles. The zero-order valence-corrected chi connectivity index (χ0v) is 7.44. The summed E-state index contributed by atoms with van der Waals surface area (Å²) in [5.41, 5.74) is 2.31. The molecule has 13 heavy (non-hydrogen) atoms. The molecule has 1 aromatic rings. The molecule has 66 valence electrons. The summed E-state index contributed by atoms with van der Waals surface area (Å²) in [5, 5.41) is 0. The van der Waals surface area contributed by atoms with Gasteiger partial charge in [0.1, 0.15) is 6.29 Å². The minimum atomic E-state index is 0.586. The Morgan fingerprint density at radius 3 is 2.62 bits per heavy atom. The molecule has 1 aliphatic carbocycles. The molecule has 1 atom stereocenters. The van der Waals surface area contributed by atoms with Crippen LogP contribution in [0.15, 0.2) is 42.0 Å². The highest BCUT2D eigenvalue weighted by atomic mass is 16.1. The fraction of sp³-hybridized carbons (Fsp3) is 0.250. The number of hydrogen-bond donors (Lipinski definition) is 0. The van der Waals surface area contributed by atoms with Crippen molar-refractivity contribution in [2.75, 3.05) is 0 Å². The van der Waals surface area contributed by atoms with Crippen LogP contribution < -0.4 is 0 Å². The average molecular weight is 172 g/mol. The summed E-state index contributed by atoms with van der Waals surface area (Å²) in [6.07, 6.45) is 5.05. The van der Waals surface area contributed by atoms with E-state index in [-0.39, 0.29) is 0 Å². The van der Waals surface area contributed by atoms with Gasteiger partial charge in [-0.2, -0.15) is 0 Å². The maximum Gasteiger partial charge on any atom is 0.145 e. The van der Waals surface area contributed by atoms with Crippen molar-refractivity contribution in [3.63, 3.8) is 0 Å². The largest absolute Gasteiger partial charge is 0.298 e. The van der Waals surface area contributed by atoms with Crippen molar-refractivity contribution in [1.82, 2.24) is 0 Å². The van der Waals surface area contributed by atoms with Crippen LogP contribution in [0, 0.1) is 5.92 Å². The average Bonchev–Trinajstić information content (AvgIpc) is 2.12. The summed E-state index contributed by atoms with van der Waals surface area (Å²) in [4.78, 5) is 10.3. The van der Waals surface area contributed by atoms with Crippen LogP contribution in [-0.4, -0.2) is 6.29 Å². The Kier molecular flexibility index (Phi) is 2.26. The Bertz CT molecular complexity index is 324. The molecular formula is C12H12O. The van der Waals surface area contributed by atoms with E-state index in [4.69, 9.17) is 0 Å². The van der Waals surface area contributed by atoms with Crippen molar-refractivity contribution < 1.29 is 4.79 Å². The molecule has 1 unspecified atom stereocenters. The highest BCUT2D eigenvalue weighted by Crippen LogP contribution is 2.27. The van der Waals surface area contributed by atoms with Crippen LogP contribution in [0.2, 0.25) is 0 Å². The minimum absolute atomic E-state index is 0.586. The monoisotopic (exact) mass is 172 g/mol. The van der Waals surface area contributed by atoms with Crippen LogP contribution in [0.5, 0.6) is 0 Å². The van der Waals surface area contributed by atoms with Gasteiger partial charge in [0.15, 0.2) is 0 Å². The Balaban J connectivity index is 1.95. The number of hydrogen-bond acceptors (Lipinski definition) is 1. The molecule has 1 nitrogen and oxygen atoms in total. The predicted molar refractivity (Wildman–Crippen MR) is 52.4 cm³/mol. The number of allylic oxidation sites excluding steroid dienone is 2. The number of aldehydes is 1. The second kappa shape index (κ2) is 3.56. The fourth-order valence-electron chi connectivity index (χ4n) is 1.71. The van der Waals surface area contributed by atoms with Crippen LogP contribution >= 0.6 is 0 Å². The third-order valence-electron chi connectivity index (χ3n) is 2.44. The van der Waals surface area contributed by atoms with Gasteiger partial charge in [0.25, 0.3) is 0 Å². The van der Waals surface area contributed by atoms with E-state index in [0.717, 1.165) is 24.7 Å². The van der Waals surface area contributed by atoms with Crippen LogP contribution in [0.1, 0.15) is 12.0 Å². The molecule has 0 N–H and O–H groups in total. The first-order valence-corrected chi connectivity index (χ1v) is 4.58. The van der Waals surface area contributed by atoms with Crippen LogP contribution in [-0.2, 0) is 11.2 Å². The van der Waals surface area contributed by atoms with Crippen LogP contribution in [0.25, 0.3) is 0 Å². The van der Waals surface area contributed by atoms with E-state index in [9.17, 15) is 4.79 Å². The topological polar surface area (TPSA) is 17.1 Å². The van der Waals surface area contributed by atoms with Crippen molar-refractivity contribution in [2.24, 2.45) is 5.92 Å². The van der Waals surface area contributed by atoms with Gasteiger partial charge < -0.3 is 0 Å². The highest BCUT2D eigenvalue weighted by molar-refractivity contribution is 5.75. The molecular weight excluding hydrogens is 160 g/mol. The van der Waals surface area contributed by atoms with Gasteiger partial charge in [-0.3, -0.25) is 4.79 Å². The smallest absolute Gasteiger partial charge is 0.145 e. The molecule has 2 rings (SSSR count). The quantitative estimate of drug-likeness (QED) is 0.640. The normalized spacial score (nSPS) is 20.3. The van der Waals surface area contributed by atoms with Crippen molar-refractivity contribution in [2.45, 2.75) is 12.8 Å². The van der Waals surface area contributed by atoms with Gasteiger partial charge in [-0.1, -0.05) is 36.4 Å². The Labute approximate surface area is 78.1 Å². The molecule has 0 saturated carbocycles. The van der Waals surface area contributed by atoms with Gasteiger partial charge in [0.2, 0.25) is 0 Å². The van der Waals surface area contributed by atoms with E-state index < -0.39 is 0 Å². The molecule has 0 heterocycles. The fourth-order valence-corrected chi connectivity index (χ4v) is 1.71. The summed E-state index contributed by atoms with van der Waals surface area (Å²) >= 11 is 0. The van der Waals surface area contributed by atoms with Gasteiger partial charge in [-0.25, -0.2) is 0 Å². The molecule has 0 radical (unpaired) electrons. The SMILES string of the molecule is O=CC1=CC(Cc2ccccc2)C1. The van der Waals surface area contributed by atoms with Crippen LogP contribution in [0.3, 0.4) is 0 Å². The molecule has 0 fully saturated rings. The zero-order chi connectivity index (χ0) is 9.10. The lowest BCUT2D eigenvalue weighted by atomic mass is 9.83. The predicted octanol–water partition coefficient (Wildman–Crippen LogP) is 2.37. The second-order valence-electron chi connectivity index (χ2n) is 3.51. The number of carbonyl (C=O) groups excluding carboxylic acids is 1. The lowest BCUT2D eigenvalue weighted by molar-refractivity contribution is -0.105. The molecule has 1 aromatic carbocycles. The maximum absolute atomic E-state index is 10.3. The van der Waals surface area contributed by atoms with Gasteiger partial charge in [0.05, 0.1) is 0 Å². The first kappa shape index (κ1) is 8.24. The van der Waals surface area contributed by atoms with Crippen LogP contribution in [0.4, 0.5) is 0 Å². The van der Waals surface area contributed by atoms with E-state index in [1.54, 1.807) is 0 Å². The zero-order valence-electron chi connectivity index (χ0n) is 7.44. The number of benzene rings is 1. The van der Waals surface area contributed by atoms with E-state index in [0.29, 0.717) is 5.92 Å². The summed E-state index contributed by atoms with van der Waals surface area (Å²) in [6, 6.07) is 10.4. The summed E-state index contributed by atoms with van der Waals surface area (Å²) in [5.74, 6) is 0.586. The van der Waals surface area contributed by atoms with E-state index in [1.165, 1.54) is 5.56 Å². The minimum Gasteiger partial charge on any atom is -0.298 e. The maximum atomic E-state index is 10.3. The third-order valence-corrected chi connectivity index (χ3v) is 2.44. The van der Waals surface area contributed by atoms with Gasteiger partial charge in [-0.05, 0) is 29.9 Å².